The van der Waals surface area contributed by atoms with E-state index < -0.39 is 10.0 Å². The predicted octanol–water partition coefficient (Wildman–Crippen LogP) is 2.01. The van der Waals surface area contributed by atoms with Crippen LogP contribution in [0.2, 0.25) is 0 Å². The second-order valence-corrected chi connectivity index (χ2v) is 8.60. The van der Waals surface area contributed by atoms with Gasteiger partial charge in [0.2, 0.25) is 0 Å². The number of benzene rings is 1. The molecule has 1 aromatic carbocycles. The summed E-state index contributed by atoms with van der Waals surface area (Å²) in [7, 11) is 0.268. The lowest BCUT2D eigenvalue weighted by Gasteiger charge is -2.10. The largest absolute Gasteiger partial charge is 0.493 e. The first-order chi connectivity index (χ1) is 13.9. The molecular formula is C20H23N3O5S. The van der Waals surface area contributed by atoms with E-state index in [0.29, 0.717) is 29.2 Å². The number of carboxylic acid groups (broad SMARTS) is 1. The second kappa shape index (κ2) is 8.62. The zero-order chi connectivity index (χ0) is 21.0. The Bertz CT molecular complexity index is 1120. The van der Waals surface area contributed by atoms with Crippen molar-refractivity contribution in [1.29, 1.82) is 0 Å². The molecule has 0 atom stereocenters. The van der Waals surface area contributed by atoms with Crippen molar-refractivity contribution in [1.82, 2.24) is 13.9 Å². The van der Waals surface area contributed by atoms with Crippen LogP contribution >= 0.6 is 0 Å². The average Bonchev–Trinajstić information content (AvgIpc) is 3.31. The van der Waals surface area contributed by atoms with Gasteiger partial charge in [-0.25, -0.2) is 12.4 Å². The Morgan fingerprint density at radius 2 is 2.03 bits per heavy atom. The van der Waals surface area contributed by atoms with E-state index in [1.54, 1.807) is 36.7 Å². The normalized spacial score (nSPS) is 12.9. The minimum atomic E-state index is -3.73. The van der Waals surface area contributed by atoms with Gasteiger partial charge in [-0.15, -0.1) is 0 Å². The zero-order valence-electron chi connectivity index (χ0n) is 16.3. The third-order valence-corrected chi connectivity index (χ3v) is 6.42. The Labute approximate surface area is 169 Å². The van der Waals surface area contributed by atoms with E-state index in [1.807, 2.05) is 20.2 Å². The molecule has 0 saturated carbocycles. The molecule has 1 N–H and O–H groups in total. The molecule has 3 heterocycles. The smallest absolute Gasteiger partial charge is 0.290 e. The molecule has 2 aromatic heterocycles. The summed E-state index contributed by atoms with van der Waals surface area (Å²) >= 11 is 0. The van der Waals surface area contributed by atoms with Crippen molar-refractivity contribution < 1.29 is 23.1 Å². The maximum Gasteiger partial charge on any atom is 0.290 e. The van der Waals surface area contributed by atoms with Gasteiger partial charge in [0.15, 0.2) is 0 Å². The summed E-state index contributed by atoms with van der Waals surface area (Å²) in [6.45, 7) is 1.09. The Kier molecular flexibility index (Phi) is 6.19. The van der Waals surface area contributed by atoms with Crippen LogP contribution in [0.25, 0.3) is 11.0 Å². The third-order valence-electron chi connectivity index (χ3n) is 4.67. The minimum Gasteiger partial charge on any atom is -0.493 e. The molecule has 3 aromatic rings. The Balaban J connectivity index is 0.000000755. The molecule has 0 unspecified atom stereocenters. The maximum atomic E-state index is 13.4. The molecule has 0 bridgehead atoms. The number of ether oxygens (including phenoxy) is 1. The van der Waals surface area contributed by atoms with Gasteiger partial charge in [0, 0.05) is 30.9 Å². The molecular weight excluding hydrogens is 394 g/mol. The number of hydrogen-bond donors (Lipinski definition) is 1. The lowest BCUT2D eigenvalue weighted by molar-refractivity contribution is -0.122. The van der Waals surface area contributed by atoms with E-state index in [0.717, 1.165) is 29.6 Å². The Hall–Kier alpha value is -2.91. The number of fused-ring (bicyclic) bond motifs is 2. The van der Waals surface area contributed by atoms with Crippen LogP contribution in [0.15, 0.2) is 47.6 Å². The number of aromatic nitrogens is 2. The summed E-state index contributed by atoms with van der Waals surface area (Å²) in [5.41, 5.74) is 3.04. The van der Waals surface area contributed by atoms with Crippen molar-refractivity contribution in [3.8, 4) is 5.75 Å². The van der Waals surface area contributed by atoms with E-state index in [-0.39, 0.29) is 6.47 Å². The molecule has 0 saturated heterocycles. The highest BCUT2D eigenvalue weighted by Crippen LogP contribution is 2.33. The van der Waals surface area contributed by atoms with Crippen molar-refractivity contribution in [2.45, 2.75) is 17.7 Å². The van der Waals surface area contributed by atoms with E-state index >= 15 is 0 Å². The first kappa shape index (κ1) is 20.8. The van der Waals surface area contributed by atoms with Crippen LogP contribution in [-0.2, 0) is 27.7 Å². The quantitative estimate of drug-likeness (QED) is 0.634. The van der Waals surface area contributed by atoms with Crippen LogP contribution < -0.4 is 4.74 Å². The molecule has 0 aliphatic carbocycles. The van der Waals surface area contributed by atoms with Crippen molar-refractivity contribution in [2.75, 3.05) is 27.2 Å². The van der Waals surface area contributed by atoms with Gasteiger partial charge in [-0.1, -0.05) is 6.07 Å². The molecule has 29 heavy (non-hydrogen) atoms. The molecule has 1 aliphatic rings. The van der Waals surface area contributed by atoms with Crippen LogP contribution in [0, 0.1) is 0 Å². The fraction of sp³-hybridized carbons (Fsp3) is 0.300. The third kappa shape index (κ3) is 4.10. The molecule has 0 radical (unpaired) electrons. The van der Waals surface area contributed by atoms with Gasteiger partial charge in [-0.2, -0.15) is 0 Å². The van der Waals surface area contributed by atoms with Crippen LogP contribution in [0.3, 0.4) is 0 Å². The van der Waals surface area contributed by atoms with Gasteiger partial charge in [-0.3, -0.25) is 9.78 Å². The average molecular weight is 417 g/mol. The van der Waals surface area contributed by atoms with Gasteiger partial charge in [0.1, 0.15) is 5.75 Å². The Morgan fingerprint density at radius 3 is 2.76 bits per heavy atom. The standard InChI is InChI=1S/C19H21N3O3S.CH2O2/c1-21(2)11-8-14-13-22(16-5-4-10-20-19(14)16)26(23,24)18-7-3-6-17-15(18)9-12-25-17;2-1-3/h3-7,10,13H,8-9,11-12H2,1-2H3;1H,(H,2,3). The minimum absolute atomic E-state index is 0.250. The molecule has 8 nitrogen and oxygen atoms in total. The van der Waals surface area contributed by atoms with Crippen LogP contribution in [0.1, 0.15) is 11.1 Å². The molecule has 9 heteroatoms. The lowest BCUT2D eigenvalue weighted by Crippen LogP contribution is -2.15. The van der Waals surface area contributed by atoms with Crippen LogP contribution in [0.4, 0.5) is 0 Å². The zero-order valence-corrected chi connectivity index (χ0v) is 17.1. The highest BCUT2D eigenvalue weighted by atomic mass is 32.2. The second-order valence-electron chi connectivity index (χ2n) is 6.82. The van der Waals surface area contributed by atoms with Gasteiger partial charge in [0.05, 0.1) is 22.5 Å². The SMILES string of the molecule is CN(C)CCc1cn(S(=O)(=O)c2cccc3c2CCO3)c2cccnc12.O=CO. The summed E-state index contributed by atoms with van der Waals surface area (Å²) in [6.07, 6.45) is 4.76. The van der Waals surface area contributed by atoms with Gasteiger partial charge < -0.3 is 14.7 Å². The van der Waals surface area contributed by atoms with Crippen molar-refractivity contribution in [2.24, 2.45) is 0 Å². The van der Waals surface area contributed by atoms with Crippen LogP contribution in [0.5, 0.6) is 5.75 Å². The number of likely N-dealkylation sites (N-methyl/N-ethyl adjacent to an activating group) is 1. The van der Waals surface area contributed by atoms with Crippen LogP contribution in [-0.4, -0.2) is 61.1 Å². The molecule has 0 amide bonds. The fourth-order valence-corrected chi connectivity index (χ4v) is 5.01. The van der Waals surface area contributed by atoms with Gasteiger partial charge in [0.25, 0.3) is 16.5 Å². The number of nitrogens with zero attached hydrogens (tertiary/aromatic N) is 3. The van der Waals surface area contributed by atoms with Crippen molar-refractivity contribution in [3.63, 3.8) is 0 Å². The summed E-state index contributed by atoms with van der Waals surface area (Å²) in [6, 6.07) is 8.78. The van der Waals surface area contributed by atoms with E-state index in [9.17, 15) is 8.42 Å². The summed E-state index contributed by atoms with van der Waals surface area (Å²) in [5, 5.41) is 6.89. The van der Waals surface area contributed by atoms with E-state index in [4.69, 9.17) is 14.6 Å². The molecule has 1 aliphatic heterocycles. The molecule has 154 valence electrons. The van der Waals surface area contributed by atoms with Gasteiger partial charge in [-0.05, 0) is 50.3 Å². The highest BCUT2D eigenvalue weighted by molar-refractivity contribution is 7.90. The first-order valence-electron chi connectivity index (χ1n) is 9.08. The Morgan fingerprint density at radius 1 is 1.28 bits per heavy atom. The molecule has 0 spiro atoms. The number of rotatable bonds is 5. The summed E-state index contributed by atoms with van der Waals surface area (Å²) in [4.78, 5) is 15.2. The fourth-order valence-electron chi connectivity index (χ4n) is 3.36. The highest BCUT2D eigenvalue weighted by Gasteiger charge is 2.28. The lowest BCUT2D eigenvalue weighted by atomic mass is 10.2. The topological polar surface area (TPSA) is 102 Å². The van der Waals surface area contributed by atoms with Crippen molar-refractivity contribution >= 4 is 27.5 Å². The number of carbonyl (C=O) groups is 1. The van der Waals surface area contributed by atoms with Gasteiger partial charge >= 0.3 is 0 Å². The predicted molar refractivity (Wildman–Crippen MR) is 109 cm³/mol. The summed E-state index contributed by atoms with van der Waals surface area (Å²) in [5.74, 6) is 0.661. The van der Waals surface area contributed by atoms with Crippen molar-refractivity contribution in [3.05, 3.63) is 53.9 Å². The monoisotopic (exact) mass is 417 g/mol. The first-order valence-corrected chi connectivity index (χ1v) is 10.5. The van der Waals surface area contributed by atoms with E-state index in [2.05, 4.69) is 9.88 Å². The number of pyridine rings is 1. The summed E-state index contributed by atoms with van der Waals surface area (Å²) < 4.78 is 33.8. The van der Waals surface area contributed by atoms with E-state index in [1.165, 1.54) is 3.97 Å². The molecule has 0 fully saturated rings. The molecule has 4 rings (SSSR count). The maximum absolute atomic E-state index is 13.4. The number of hydrogen-bond acceptors (Lipinski definition) is 6.